The molecule has 8 nitrogen and oxygen atoms in total. The zero-order valence-electron chi connectivity index (χ0n) is 16.5. The van der Waals surface area contributed by atoms with Crippen molar-refractivity contribution in [2.45, 2.75) is 19.3 Å². The quantitative estimate of drug-likeness (QED) is 0.783. The first-order valence-corrected chi connectivity index (χ1v) is 10.2. The topological polar surface area (TPSA) is 81.7 Å². The van der Waals surface area contributed by atoms with Gasteiger partial charge in [-0.25, -0.2) is 9.97 Å². The molecular weight excluding hydrogens is 368 g/mol. The molecule has 0 spiro atoms. The summed E-state index contributed by atoms with van der Waals surface area (Å²) >= 11 is 0. The summed E-state index contributed by atoms with van der Waals surface area (Å²) in [4.78, 5) is 38.0. The van der Waals surface area contributed by atoms with Gasteiger partial charge in [-0.1, -0.05) is 0 Å². The third-order valence-electron chi connectivity index (χ3n) is 5.47. The van der Waals surface area contributed by atoms with E-state index in [1.807, 2.05) is 12.1 Å². The van der Waals surface area contributed by atoms with Crippen molar-refractivity contribution < 1.29 is 9.59 Å². The summed E-state index contributed by atoms with van der Waals surface area (Å²) in [5, 5.41) is 3.18. The van der Waals surface area contributed by atoms with Crippen molar-refractivity contribution in [3.63, 3.8) is 0 Å². The van der Waals surface area contributed by atoms with Crippen LogP contribution in [0.25, 0.3) is 0 Å². The summed E-state index contributed by atoms with van der Waals surface area (Å²) in [5.74, 6) is 0.259. The fourth-order valence-corrected chi connectivity index (χ4v) is 3.77. The van der Waals surface area contributed by atoms with Gasteiger partial charge in [-0.3, -0.25) is 9.59 Å². The predicted octanol–water partition coefficient (Wildman–Crippen LogP) is 2.12. The fourth-order valence-electron chi connectivity index (χ4n) is 3.77. The summed E-state index contributed by atoms with van der Waals surface area (Å²) in [7, 11) is 0. The minimum atomic E-state index is -0.138. The molecule has 2 amide bonds. The van der Waals surface area contributed by atoms with E-state index in [9.17, 15) is 9.59 Å². The zero-order chi connectivity index (χ0) is 20.1. The molecule has 1 aromatic carbocycles. The van der Waals surface area contributed by atoms with E-state index in [2.05, 4.69) is 32.3 Å². The van der Waals surface area contributed by atoms with Crippen LogP contribution >= 0.6 is 0 Å². The molecule has 1 aromatic heterocycles. The van der Waals surface area contributed by atoms with Gasteiger partial charge in [-0.05, 0) is 49.6 Å². The SMILES string of the molecule is O=CN1CCN(C(=O)c2ccnc(Nc3ccc(N4CCCCC4)cc3)n2)CC1. The molecule has 4 rings (SSSR count). The minimum absolute atomic E-state index is 0.138. The average molecular weight is 394 g/mol. The predicted molar refractivity (Wildman–Crippen MR) is 111 cm³/mol. The van der Waals surface area contributed by atoms with Crippen molar-refractivity contribution >= 4 is 29.6 Å². The van der Waals surface area contributed by atoms with Crippen LogP contribution in [0.1, 0.15) is 29.8 Å². The summed E-state index contributed by atoms with van der Waals surface area (Å²) < 4.78 is 0. The number of hydrogen-bond acceptors (Lipinski definition) is 6. The normalized spacial score (nSPS) is 17.2. The second-order valence-corrected chi connectivity index (χ2v) is 7.42. The smallest absolute Gasteiger partial charge is 0.272 e. The van der Waals surface area contributed by atoms with Gasteiger partial charge < -0.3 is 20.0 Å². The Balaban J connectivity index is 1.39. The van der Waals surface area contributed by atoms with Crippen LogP contribution in [0.4, 0.5) is 17.3 Å². The molecule has 1 N–H and O–H groups in total. The first kappa shape index (κ1) is 19.2. The standard InChI is InChI=1S/C21H26N6O2/c28-16-25-12-14-27(15-13-25)20(29)19-8-9-22-21(24-19)23-17-4-6-18(7-5-17)26-10-2-1-3-11-26/h4-9,16H,1-3,10-15H2,(H,22,23,24). The number of piperazine rings is 1. The van der Waals surface area contributed by atoms with Gasteiger partial charge in [0.2, 0.25) is 12.4 Å². The van der Waals surface area contributed by atoms with Crippen LogP contribution in [-0.4, -0.2) is 71.4 Å². The van der Waals surface area contributed by atoms with Crippen molar-refractivity contribution in [2.75, 3.05) is 49.5 Å². The number of aromatic nitrogens is 2. The number of hydrogen-bond donors (Lipinski definition) is 1. The van der Waals surface area contributed by atoms with Crippen molar-refractivity contribution in [2.24, 2.45) is 0 Å². The summed E-state index contributed by atoms with van der Waals surface area (Å²) in [6.45, 7) is 4.36. The van der Waals surface area contributed by atoms with Gasteiger partial charge in [0.25, 0.3) is 5.91 Å². The molecule has 152 valence electrons. The lowest BCUT2D eigenvalue weighted by molar-refractivity contribution is -0.119. The number of nitrogens with one attached hydrogen (secondary N) is 1. The van der Waals surface area contributed by atoms with E-state index in [0.717, 1.165) is 25.2 Å². The number of amides is 2. The summed E-state index contributed by atoms with van der Waals surface area (Å²) in [5.41, 5.74) is 2.47. The molecule has 0 aliphatic carbocycles. The van der Waals surface area contributed by atoms with Gasteiger partial charge in [0.1, 0.15) is 5.69 Å². The number of benzene rings is 1. The van der Waals surface area contributed by atoms with Crippen LogP contribution in [0.5, 0.6) is 0 Å². The van der Waals surface area contributed by atoms with Gasteiger partial charge in [-0.2, -0.15) is 0 Å². The second-order valence-electron chi connectivity index (χ2n) is 7.42. The maximum Gasteiger partial charge on any atom is 0.272 e. The number of piperidine rings is 1. The first-order valence-electron chi connectivity index (χ1n) is 10.2. The highest BCUT2D eigenvalue weighted by atomic mass is 16.2. The van der Waals surface area contributed by atoms with E-state index in [4.69, 9.17) is 0 Å². The van der Waals surface area contributed by atoms with Crippen LogP contribution in [0.3, 0.4) is 0 Å². The van der Waals surface area contributed by atoms with Crippen LogP contribution in [-0.2, 0) is 4.79 Å². The van der Waals surface area contributed by atoms with Crippen molar-refractivity contribution in [1.82, 2.24) is 19.8 Å². The molecule has 2 fully saturated rings. The summed E-state index contributed by atoms with van der Waals surface area (Å²) in [6, 6.07) is 9.87. The molecule has 8 heteroatoms. The van der Waals surface area contributed by atoms with Crippen molar-refractivity contribution in [1.29, 1.82) is 0 Å². The summed E-state index contributed by atoms with van der Waals surface area (Å²) in [6.07, 6.45) is 6.23. The Morgan fingerprint density at radius 1 is 0.931 bits per heavy atom. The Kier molecular flexibility index (Phi) is 5.88. The number of carbonyl (C=O) groups excluding carboxylic acids is 2. The first-order chi connectivity index (χ1) is 14.2. The minimum Gasteiger partial charge on any atom is -0.372 e. The highest BCUT2D eigenvalue weighted by Crippen LogP contribution is 2.23. The van der Waals surface area contributed by atoms with Gasteiger partial charge in [0.15, 0.2) is 0 Å². The maximum absolute atomic E-state index is 12.7. The number of nitrogens with zero attached hydrogens (tertiary/aromatic N) is 5. The molecular formula is C21H26N6O2. The van der Waals surface area contributed by atoms with Crippen molar-refractivity contribution in [3.8, 4) is 0 Å². The molecule has 29 heavy (non-hydrogen) atoms. The van der Waals surface area contributed by atoms with Gasteiger partial charge in [0, 0.05) is 56.8 Å². The largest absolute Gasteiger partial charge is 0.372 e. The van der Waals surface area contributed by atoms with E-state index in [-0.39, 0.29) is 5.91 Å². The Bertz CT molecular complexity index is 843. The monoisotopic (exact) mass is 394 g/mol. The zero-order valence-corrected chi connectivity index (χ0v) is 16.5. The van der Waals surface area contributed by atoms with E-state index >= 15 is 0 Å². The highest BCUT2D eigenvalue weighted by molar-refractivity contribution is 5.92. The third kappa shape index (κ3) is 4.64. The maximum atomic E-state index is 12.7. The molecule has 3 heterocycles. The van der Waals surface area contributed by atoms with Crippen LogP contribution < -0.4 is 10.2 Å². The molecule has 2 aromatic rings. The van der Waals surface area contributed by atoms with Crippen LogP contribution in [0, 0.1) is 0 Å². The van der Waals surface area contributed by atoms with Gasteiger partial charge in [0.05, 0.1) is 0 Å². The Hall–Kier alpha value is -3.16. The van der Waals surface area contributed by atoms with E-state index in [1.165, 1.54) is 24.9 Å². The molecule has 0 saturated carbocycles. The molecule has 0 atom stereocenters. The van der Waals surface area contributed by atoms with E-state index < -0.39 is 0 Å². The number of anilines is 3. The molecule has 2 aliphatic heterocycles. The Morgan fingerprint density at radius 3 is 2.34 bits per heavy atom. The number of rotatable bonds is 5. The van der Waals surface area contributed by atoms with Gasteiger partial charge >= 0.3 is 0 Å². The average Bonchev–Trinajstić information content (AvgIpc) is 2.80. The Labute approximate surface area is 170 Å². The molecule has 2 aliphatic rings. The number of carbonyl (C=O) groups is 2. The molecule has 0 bridgehead atoms. The Morgan fingerprint density at radius 2 is 1.66 bits per heavy atom. The van der Waals surface area contributed by atoms with Crippen LogP contribution in [0.2, 0.25) is 0 Å². The molecule has 0 unspecified atom stereocenters. The molecule has 2 saturated heterocycles. The fraction of sp³-hybridized carbons (Fsp3) is 0.429. The van der Waals surface area contributed by atoms with Crippen molar-refractivity contribution in [3.05, 3.63) is 42.2 Å². The lowest BCUT2D eigenvalue weighted by Crippen LogP contribution is -2.48. The lowest BCUT2D eigenvalue weighted by atomic mass is 10.1. The highest BCUT2D eigenvalue weighted by Gasteiger charge is 2.22. The lowest BCUT2D eigenvalue weighted by Gasteiger charge is -2.32. The van der Waals surface area contributed by atoms with Gasteiger partial charge in [-0.15, -0.1) is 0 Å². The second kappa shape index (κ2) is 8.89. The van der Waals surface area contributed by atoms with Crippen LogP contribution in [0.15, 0.2) is 36.5 Å². The van der Waals surface area contributed by atoms with E-state index in [1.54, 1.807) is 22.1 Å². The van der Waals surface area contributed by atoms with E-state index in [0.29, 0.717) is 37.8 Å². The molecule has 0 radical (unpaired) electrons. The third-order valence-corrected chi connectivity index (χ3v) is 5.47.